The first-order valence-electron chi connectivity index (χ1n) is 6.13. The van der Waals surface area contributed by atoms with Gasteiger partial charge in [-0.1, -0.05) is 30.3 Å². The Morgan fingerprint density at radius 3 is 2.53 bits per heavy atom. The van der Waals surface area contributed by atoms with Crippen molar-refractivity contribution in [1.82, 2.24) is 15.0 Å². The molecule has 0 amide bonds. The summed E-state index contributed by atoms with van der Waals surface area (Å²) in [5, 5.41) is 3.07. The molecule has 0 aliphatic heterocycles. The van der Waals surface area contributed by atoms with E-state index in [0.29, 0.717) is 0 Å². The molecule has 0 bridgehead atoms. The van der Waals surface area contributed by atoms with Gasteiger partial charge in [0.1, 0.15) is 5.82 Å². The zero-order valence-electron chi connectivity index (χ0n) is 10.6. The highest BCUT2D eigenvalue weighted by Crippen LogP contribution is 2.22. The Bertz CT molecular complexity index is 660. The van der Waals surface area contributed by atoms with Crippen molar-refractivity contribution >= 4 is 5.82 Å². The third-order valence-corrected chi connectivity index (χ3v) is 2.89. The summed E-state index contributed by atoms with van der Waals surface area (Å²) < 4.78 is 0. The molecule has 0 radical (unpaired) electrons. The average Bonchev–Trinajstić information content (AvgIpc) is 3.02. The molecule has 4 heteroatoms. The second-order valence-electron chi connectivity index (χ2n) is 4.16. The zero-order chi connectivity index (χ0) is 13.1. The van der Waals surface area contributed by atoms with E-state index in [4.69, 9.17) is 0 Å². The summed E-state index contributed by atoms with van der Waals surface area (Å²) in [5.74, 6) is 1.52. The Labute approximate surface area is 111 Å². The van der Waals surface area contributed by atoms with E-state index in [-0.39, 0.29) is 0 Å². The molecule has 94 valence electrons. The van der Waals surface area contributed by atoms with Gasteiger partial charge in [-0.25, -0.2) is 9.97 Å². The van der Waals surface area contributed by atoms with Crippen LogP contribution in [0.3, 0.4) is 0 Å². The van der Waals surface area contributed by atoms with Crippen molar-refractivity contribution in [2.75, 3.05) is 12.4 Å². The quantitative estimate of drug-likeness (QED) is 0.750. The van der Waals surface area contributed by atoms with Crippen LogP contribution in [0.15, 0.2) is 54.7 Å². The number of rotatable bonds is 3. The lowest BCUT2D eigenvalue weighted by Crippen LogP contribution is -1.98. The van der Waals surface area contributed by atoms with E-state index in [1.165, 1.54) is 0 Å². The number of aromatic nitrogens is 3. The summed E-state index contributed by atoms with van der Waals surface area (Å²) in [6, 6.07) is 15.9. The normalized spacial score (nSPS) is 10.4. The molecule has 0 atom stereocenters. The molecule has 3 aromatic rings. The molecule has 2 N–H and O–H groups in total. The van der Waals surface area contributed by atoms with Gasteiger partial charge in [-0.3, -0.25) is 0 Å². The fourth-order valence-electron chi connectivity index (χ4n) is 1.92. The van der Waals surface area contributed by atoms with Crippen molar-refractivity contribution in [3.63, 3.8) is 0 Å². The molecule has 0 unspecified atom stereocenters. The highest BCUT2D eigenvalue weighted by molar-refractivity contribution is 5.65. The monoisotopic (exact) mass is 250 g/mol. The van der Waals surface area contributed by atoms with Crippen LogP contribution in [0.2, 0.25) is 0 Å². The Hall–Kier alpha value is -2.62. The van der Waals surface area contributed by atoms with Crippen molar-refractivity contribution in [3.8, 4) is 22.8 Å². The SMILES string of the molecule is CNc1cc(-c2ccc[nH]2)nc(-c2ccccc2)n1. The number of nitrogens with one attached hydrogen (secondary N) is 2. The lowest BCUT2D eigenvalue weighted by Gasteiger charge is -2.07. The Balaban J connectivity index is 2.13. The Morgan fingerprint density at radius 1 is 1.00 bits per heavy atom. The van der Waals surface area contributed by atoms with E-state index in [9.17, 15) is 0 Å². The maximum atomic E-state index is 4.61. The van der Waals surface area contributed by atoms with Gasteiger partial charge in [-0.05, 0) is 12.1 Å². The first-order valence-corrected chi connectivity index (χ1v) is 6.13. The molecule has 1 aromatic carbocycles. The van der Waals surface area contributed by atoms with Crippen molar-refractivity contribution in [2.45, 2.75) is 0 Å². The van der Waals surface area contributed by atoms with Gasteiger partial charge in [0, 0.05) is 24.9 Å². The van der Waals surface area contributed by atoms with Gasteiger partial charge >= 0.3 is 0 Å². The van der Waals surface area contributed by atoms with Gasteiger partial charge in [0.2, 0.25) is 0 Å². The van der Waals surface area contributed by atoms with Crippen molar-refractivity contribution < 1.29 is 0 Å². The van der Waals surface area contributed by atoms with Crippen LogP contribution in [0.5, 0.6) is 0 Å². The Morgan fingerprint density at radius 2 is 1.84 bits per heavy atom. The van der Waals surface area contributed by atoms with Crippen molar-refractivity contribution in [2.24, 2.45) is 0 Å². The molecule has 0 saturated heterocycles. The summed E-state index contributed by atoms with van der Waals surface area (Å²) in [4.78, 5) is 12.3. The van der Waals surface area contributed by atoms with Gasteiger partial charge in [-0.15, -0.1) is 0 Å². The summed E-state index contributed by atoms with van der Waals surface area (Å²) in [5.41, 5.74) is 2.87. The van der Waals surface area contributed by atoms with Crippen LogP contribution in [0, 0.1) is 0 Å². The fraction of sp³-hybridized carbons (Fsp3) is 0.0667. The fourth-order valence-corrected chi connectivity index (χ4v) is 1.92. The number of nitrogens with zero attached hydrogens (tertiary/aromatic N) is 2. The van der Waals surface area contributed by atoms with Gasteiger partial charge < -0.3 is 10.3 Å². The third-order valence-electron chi connectivity index (χ3n) is 2.89. The summed E-state index contributed by atoms with van der Waals surface area (Å²) in [7, 11) is 1.86. The maximum absolute atomic E-state index is 4.61. The van der Waals surface area contributed by atoms with Crippen LogP contribution in [0.25, 0.3) is 22.8 Å². The number of H-pyrrole nitrogens is 1. The first kappa shape index (κ1) is 11.5. The van der Waals surface area contributed by atoms with Crippen LogP contribution < -0.4 is 5.32 Å². The molecule has 0 aliphatic rings. The van der Waals surface area contributed by atoms with Crippen LogP contribution >= 0.6 is 0 Å². The predicted molar refractivity (Wildman–Crippen MR) is 76.8 cm³/mol. The number of benzene rings is 1. The summed E-state index contributed by atoms with van der Waals surface area (Å²) >= 11 is 0. The number of aromatic amines is 1. The smallest absolute Gasteiger partial charge is 0.162 e. The zero-order valence-corrected chi connectivity index (χ0v) is 10.6. The van der Waals surface area contributed by atoms with Crippen LogP contribution in [0.4, 0.5) is 5.82 Å². The Kier molecular flexibility index (Phi) is 2.98. The van der Waals surface area contributed by atoms with Crippen LogP contribution in [-0.4, -0.2) is 22.0 Å². The van der Waals surface area contributed by atoms with Crippen LogP contribution in [-0.2, 0) is 0 Å². The number of hydrogen-bond acceptors (Lipinski definition) is 3. The summed E-state index contributed by atoms with van der Waals surface area (Å²) in [6.45, 7) is 0. The molecule has 3 rings (SSSR count). The molecule has 4 nitrogen and oxygen atoms in total. The topological polar surface area (TPSA) is 53.6 Å². The second-order valence-corrected chi connectivity index (χ2v) is 4.16. The average molecular weight is 250 g/mol. The van der Waals surface area contributed by atoms with E-state index in [2.05, 4.69) is 20.3 Å². The summed E-state index contributed by atoms with van der Waals surface area (Å²) in [6.07, 6.45) is 1.89. The van der Waals surface area contributed by atoms with Gasteiger partial charge in [0.25, 0.3) is 0 Å². The second kappa shape index (κ2) is 4.94. The van der Waals surface area contributed by atoms with E-state index in [0.717, 1.165) is 28.6 Å². The molecule has 2 aromatic heterocycles. The number of hydrogen-bond donors (Lipinski definition) is 2. The maximum Gasteiger partial charge on any atom is 0.162 e. The lowest BCUT2D eigenvalue weighted by atomic mass is 10.2. The van der Waals surface area contributed by atoms with Gasteiger partial charge in [-0.2, -0.15) is 0 Å². The molecule has 19 heavy (non-hydrogen) atoms. The molecule has 0 saturated carbocycles. The molecule has 0 aliphatic carbocycles. The number of anilines is 1. The van der Waals surface area contributed by atoms with E-state index in [1.807, 2.05) is 61.8 Å². The van der Waals surface area contributed by atoms with Crippen molar-refractivity contribution in [1.29, 1.82) is 0 Å². The molecular weight excluding hydrogens is 236 g/mol. The van der Waals surface area contributed by atoms with E-state index in [1.54, 1.807) is 0 Å². The van der Waals surface area contributed by atoms with E-state index >= 15 is 0 Å². The minimum atomic E-state index is 0.719. The standard InChI is InChI=1S/C15H14N4/c1-16-14-10-13(12-8-5-9-17-12)18-15(19-14)11-6-3-2-4-7-11/h2-10,17H,1H3,(H,16,18,19). The minimum absolute atomic E-state index is 0.719. The largest absolute Gasteiger partial charge is 0.373 e. The highest BCUT2D eigenvalue weighted by atomic mass is 15.0. The van der Waals surface area contributed by atoms with Crippen LogP contribution in [0.1, 0.15) is 0 Å². The van der Waals surface area contributed by atoms with Gasteiger partial charge in [0.15, 0.2) is 5.82 Å². The molecule has 0 fully saturated rings. The predicted octanol–water partition coefficient (Wildman–Crippen LogP) is 3.18. The van der Waals surface area contributed by atoms with Gasteiger partial charge in [0.05, 0.1) is 11.4 Å². The third kappa shape index (κ3) is 2.33. The lowest BCUT2D eigenvalue weighted by molar-refractivity contribution is 1.16. The molecule has 2 heterocycles. The molecule has 0 spiro atoms. The molecular formula is C15H14N4. The highest BCUT2D eigenvalue weighted by Gasteiger charge is 2.08. The first-order chi connectivity index (χ1) is 9.36. The van der Waals surface area contributed by atoms with E-state index < -0.39 is 0 Å². The minimum Gasteiger partial charge on any atom is -0.373 e. The van der Waals surface area contributed by atoms with Crippen molar-refractivity contribution in [3.05, 3.63) is 54.7 Å².